The molecule has 134 valence electrons. The molecule has 2 heterocycles. The Morgan fingerprint density at radius 3 is 2.41 bits per heavy atom. The molecule has 2 aromatic carbocycles. The van der Waals surface area contributed by atoms with Gasteiger partial charge < -0.3 is 9.84 Å². The maximum Gasteiger partial charge on any atom is 0.266 e. The number of halogens is 1. The Kier molecular flexibility index (Phi) is 4.12. The van der Waals surface area contributed by atoms with Crippen molar-refractivity contribution in [3.63, 3.8) is 0 Å². The van der Waals surface area contributed by atoms with Crippen molar-refractivity contribution < 1.29 is 18.9 Å². The summed E-state index contributed by atoms with van der Waals surface area (Å²) in [6, 6.07) is 12.8. The molecule has 0 radical (unpaired) electrons. The lowest BCUT2D eigenvalue weighted by atomic mass is 10.1. The minimum absolute atomic E-state index is 0.187. The number of hydrogen-bond donors (Lipinski definition) is 1. The lowest BCUT2D eigenvalue weighted by Gasteiger charge is -2.13. The van der Waals surface area contributed by atoms with Crippen molar-refractivity contribution in [1.82, 2.24) is 5.16 Å². The van der Waals surface area contributed by atoms with Crippen LogP contribution in [0.1, 0.15) is 36.8 Å². The summed E-state index contributed by atoms with van der Waals surface area (Å²) in [5.41, 5.74) is 1.16. The Bertz CT molecular complexity index is 1090. The zero-order valence-corrected chi connectivity index (χ0v) is 15.6. The van der Waals surface area contributed by atoms with Crippen LogP contribution >= 0.6 is 15.9 Å². The highest BCUT2D eigenvalue weighted by Gasteiger charge is 2.37. The molecule has 8 heteroatoms. The summed E-state index contributed by atoms with van der Waals surface area (Å²) in [7, 11) is 0. The van der Waals surface area contributed by atoms with Crippen LogP contribution in [0.5, 0.6) is 0 Å². The predicted octanol–water partition coefficient (Wildman–Crippen LogP) is 3.80. The topological polar surface area (TPSA) is 92.5 Å². The van der Waals surface area contributed by atoms with Gasteiger partial charge in [-0.25, -0.2) is 4.90 Å². The SMILES string of the molecule is Cc1cc(NC(=O)c2ccc3c(c2)C(=O)N(c2ccc(Br)cc2)C3=O)no1. The number of rotatable bonds is 3. The highest BCUT2D eigenvalue weighted by Crippen LogP contribution is 2.30. The van der Waals surface area contributed by atoms with Gasteiger partial charge in [-0.3, -0.25) is 14.4 Å². The zero-order chi connectivity index (χ0) is 19.1. The number of carbonyl (C=O) groups excluding carboxylic acids is 3. The number of aryl methyl sites for hydroxylation is 1. The summed E-state index contributed by atoms with van der Waals surface area (Å²) < 4.78 is 5.74. The molecule has 3 amide bonds. The van der Waals surface area contributed by atoms with Crippen LogP contribution < -0.4 is 10.2 Å². The maximum atomic E-state index is 12.8. The van der Waals surface area contributed by atoms with E-state index in [2.05, 4.69) is 26.4 Å². The first-order chi connectivity index (χ1) is 12.9. The van der Waals surface area contributed by atoms with Crippen molar-refractivity contribution in [2.45, 2.75) is 6.92 Å². The molecule has 1 aliphatic rings. The van der Waals surface area contributed by atoms with E-state index in [9.17, 15) is 14.4 Å². The van der Waals surface area contributed by atoms with Crippen molar-refractivity contribution in [3.05, 3.63) is 75.5 Å². The minimum atomic E-state index is -0.468. The van der Waals surface area contributed by atoms with Gasteiger partial charge in [-0.15, -0.1) is 0 Å². The van der Waals surface area contributed by atoms with E-state index in [1.165, 1.54) is 18.2 Å². The normalized spacial score (nSPS) is 13.0. The number of amides is 3. The quantitative estimate of drug-likeness (QED) is 0.644. The third-order valence-electron chi connectivity index (χ3n) is 4.10. The van der Waals surface area contributed by atoms with Gasteiger partial charge >= 0.3 is 0 Å². The van der Waals surface area contributed by atoms with Crippen LogP contribution in [0.25, 0.3) is 0 Å². The van der Waals surface area contributed by atoms with E-state index in [0.29, 0.717) is 11.4 Å². The van der Waals surface area contributed by atoms with Gasteiger partial charge in [-0.05, 0) is 49.4 Å². The number of fused-ring (bicyclic) bond motifs is 1. The van der Waals surface area contributed by atoms with Gasteiger partial charge in [0.25, 0.3) is 17.7 Å². The Hall–Kier alpha value is -3.26. The third kappa shape index (κ3) is 3.04. The minimum Gasteiger partial charge on any atom is -0.360 e. The first kappa shape index (κ1) is 17.2. The van der Waals surface area contributed by atoms with Gasteiger partial charge in [0, 0.05) is 16.1 Å². The Balaban J connectivity index is 1.64. The van der Waals surface area contributed by atoms with Crippen LogP contribution in [0.4, 0.5) is 11.5 Å². The molecule has 0 fully saturated rings. The van der Waals surface area contributed by atoms with Crippen LogP contribution in [-0.2, 0) is 0 Å². The molecule has 3 aromatic rings. The van der Waals surface area contributed by atoms with Crippen molar-refractivity contribution in [2.24, 2.45) is 0 Å². The van der Waals surface area contributed by atoms with Crippen LogP contribution in [0, 0.1) is 6.92 Å². The molecule has 0 saturated heterocycles. The second-order valence-electron chi connectivity index (χ2n) is 5.96. The van der Waals surface area contributed by atoms with Gasteiger partial charge in [-0.1, -0.05) is 21.1 Å². The number of benzene rings is 2. The molecule has 1 aliphatic heterocycles. The summed E-state index contributed by atoms with van der Waals surface area (Å²) in [6.07, 6.45) is 0. The van der Waals surface area contributed by atoms with Crippen LogP contribution in [-0.4, -0.2) is 22.9 Å². The largest absolute Gasteiger partial charge is 0.360 e. The van der Waals surface area contributed by atoms with E-state index in [-0.39, 0.29) is 22.5 Å². The monoisotopic (exact) mass is 425 g/mol. The molecule has 1 N–H and O–H groups in total. The summed E-state index contributed by atoms with van der Waals surface area (Å²) in [4.78, 5) is 38.9. The Morgan fingerprint density at radius 2 is 1.74 bits per heavy atom. The second-order valence-corrected chi connectivity index (χ2v) is 6.88. The first-order valence-electron chi connectivity index (χ1n) is 7.97. The third-order valence-corrected chi connectivity index (χ3v) is 4.63. The number of carbonyl (C=O) groups is 3. The van der Waals surface area contributed by atoms with Crippen molar-refractivity contribution in [1.29, 1.82) is 0 Å². The van der Waals surface area contributed by atoms with Crippen molar-refractivity contribution in [2.75, 3.05) is 10.2 Å². The fraction of sp³-hybridized carbons (Fsp3) is 0.0526. The highest BCUT2D eigenvalue weighted by molar-refractivity contribution is 9.10. The molecule has 0 spiro atoms. The first-order valence-corrected chi connectivity index (χ1v) is 8.76. The number of nitrogens with one attached hydrogen (secondary N) is 1. The molecule has 0 unspecified atom stereocenters. The van der Waals surface area contributed by atoms with E-state index in [1.807, 2.05) is 0 Å². The van der Waals surface area contributed by atoms with E-state index >= 15 is 0 Å². The molecular formula is C19H12BrN3O4. The van der Waals surface area contributed by atoms with Gasteiger partial charge in [0.2, 0.25) is 0 Å². The van der Waals surface area contributed by atoms with E-state index in [4.69, 9.17) is 4.52 Å². The number of hydrogen-bond acceptors (Lipinski definition) is 5. The Morgan fingerprint density at radius 1 is 1.04 bits per heavy atom. The van der Waals surface area contributed by atoms with Gasteiger partial charge in [0.05, 0.1) is 16.8 Å². The van der Waals surface area contributed by atoms with E-state index < -0.39 is 17.7 Å². The van der Waals surface area contributed by atoms with Gasteiger partial charge in [0.1, 0.15) is 5.76 Å². The molecule has 7 nitrogen and oxygen atoms in total. The summed E-state index contributed by atoms with van der Waals surface area (Å²) >= 11 is 3.32. The summed E-state index contributed by atoms with van der Waals surface area (Å²) in [6.45, 7) is 1.71. The Labute approximate surface area is 162 Å². The van der Waals surface area contributed by atoms with Crippen LogP contribution in [0.3, 0.4) is 0 Å². The molecule has 0 atom stereocenters. The standard InChI is InChI=1S/C19H12BrN3O4/c1-10-8-16(22-27-10)21-17(24)11-2-7-14-15(9-11)19(26)23(18(14)25)13-5-3-12(20)4-6-13/h2-9H,1H3,(H,21,22,24). The van der Waals surface area contributed by atoms with E-state index in [1.54, 1.807) is 37.3 Å². The fourth-order valence-electron chi connectivity index (χ4n) is 2.82. The summed E-state index contributed by atoms with van der Waals surface area (Å²) in [5, 5.41) is 6.29. The van der Waals surface area contributed by atoms with Crippen molar-refractivity contribution in [3.8, 4) is 0 Å². The molecule has 0 bridgehead atoms. The smallest absolute Gasteiger partial charge is 0.266 e. The number of aromatic nitrogens is 1. The van der Waals surface area contributed by atoms with Crippen molar-refractivity contribution >= 4 is 45.2 Å². The fourth-order valence-corrected chi connectivity index (χ4v) is 3.08. The maximum absolute atomic E-state index is 12.8. The average Bonchev–Trinajstić information content (AvgIpc) is 3.17. The molecule has 1 aromatic heterocycles. The van der Waals surface area contributed by atoms with E-state index in [0.717, 1.165) is 9.37 Å². The number of anilines is 2. The number of imide groups is 1. The zero-order valence-electron chi connectivity index (χ0n) is 14.0. The van der Waals surface area contributed by atoms with Gasteiger partial charge in [0.15, 0.2) is 5.82 Å². The lowest BCUT2D eigenvalue weighted by Crippen LogP contribution is -2.29. The predicted molar refractivity (Wildman–Crippen MR) is 101 cm³/mol. The molecule has 4 rings (SSSR count). The van der Waals surface area contributed by atoms with Crippen LogP contribution in [0.15, 0.2) is 57.5 Å². The molecule has 0 aliphatic carbocycles. The lowest BCUT2D eigenvalue weighted by molar-refractivity contribution is 0.0925. The van der Waals surface area contributed by atoms with Gasteiger partial charge in [-0.2, -0.15) is 0 Å². The average molecular weight is 426 g/mol. The molecule has 27 heavy (non-hydrogen) atoms. The molecular weight excluding hydrogens is 414 g/mol. The second kappa shape index (κ2) is 6.48. The highest BCUT2D eigenvalue weighted by atomic mass is 79.9. The summed E-state index contributed by atoms with van der Waals surface area (Å²) in [5.74, 6) is -0.504. The molecule has 0 saturated carbocycles. The number of nitrogens with zero attached hydrogens (tertiary/aromatic N) is 2. The van der Waals surface area contributed by atoms with Crippen LogP contribution in [0.2, 0.25) is 0 Å².